The molecule has 0 amide bonds. The molecular weight excluding hydrogens is 242 g/mol. The molecule has 2 rings (SSSR count). The maximum Gasteiger partial charge on any atom is 0.334 e. The molecule has 1 aliphatic carbocycles. The van der Waals surface area contributed by atoms with Gasteiger partial charge in [0.1, 0.15) is 0 Å². The van der Waals surface area contributed by atoms with Gasteiger partial charge in [-0.3, -0.25) is 4.84 Å². The summed E-state index contributed by atoms with van der Waals surface area (Å²) in [6.07, 6.45) is 4.29. The lowest BCUT2D eigenvalue weighted by Gasteiger charge is -2.08. The number of ether oxygens (including phenoxy) is 1. The number of carbonyl (C=O) groups excluding carboxylic acids is 1. The predicted molar refractivity (Wildman–Crippen MR) is 72.1 cm³/mol. The molecule has 1 aromatic rings. The second-order valence-corrected chi connectivity index (χ2v) is 4.62. The van der Waals surface area contributed by atoms with Gasteiger partial charge in [0.2, 0.25) is 0 Å². The number of hydrogen-bond acceptors (Lipinski definition) is 4. The van der Waals surface area contributed by atoms with Gasteiger partial charge in [-0.1, -0.05) is 36.4 Å². The Hall–Kier alpha value is -1.65. The second kappa shape index (κ2) is 7.07. The summed E-state index contributed by atoms with van der Waals surface area (Å²) in [4.78, 5) is 16.9. The van der Waals surface area contributed by atoms with Crippen molar-refractivity contribution in [2.75, 3.05) is 13.7 Å². The van der Waals surface area contributed by atoms with Gasteiger partial charge in [-0.05, 0) is 24.3 Å². The van der Waals surface area contributed by atoms with Crippen molar-refractivity contribution >= 4 is 5.97 Å². The number of hydroxylamine groups is 1. The Morgan fingerprint density at radius 3 is 2.74 bits per heavy atom. The average molecular weight is 261 g/mol. The largest absolute Gasteiger partial charge is 0.466 e. The van der Waals surface area contributed by atoms with Crippen molar-refractivity contribution in [3.05, 3.63) is 47.5 Å². The first-order valence-corrected chi connectivity index (χ1v) is 6.47. The molecule has 0 bridgehead atoms. The Morgan fingerprint density at radius 2 is 2.11 bits per heavy atom. The summed E-state index contributed by atoms with van der Waals surface area (Å²) < 4.78 is 4.75. The van der Waals surface area contributed by atoms with Gasteiger partial charge in [0.25, 0.3) is 0 Å². The summed E-state index contributed by atoms with van der Waals surface area (Å²) in [6.45, 7) is 0.842. The Morgan fingerprint density at radius 1 is 1.37 bits per heavy atom. The molecule has 0 saturated heterocycles. The molecule has 0 atom stereocenters. The number of allylic oxidation sites excluding steroid dienone is 1. The first kappa shape index (κ1) is 13.8. The third kappa shape index (κ3) is 4.85. The minimum absolute atomic E-state index is 0.289. The Kier molecular flexibility index (Phi) is 5.12. The second-order valence-electron chi connectivity index (χ2n) is 4.62. The Labute approximate surface area is 113 Å². The molecule has 1 aliphatic rings. The van der Waals surface area contributed by atoms with E-state index in [4.69, 9.17) is 9.57 Å². The van der Waals surface area contributed by atoms with Crippen LogP contribution in [0.5, 0.6) is 0 Å². The first-order chi connectivity index (χ1) is 9.29. The monoisotopic (exact) mass is 261 g/mol. The summed E-state index contributed by atoms with van der Waals surface area (Å²) in [5.74, 6) is 0.243. The molecular formula is C15H19NO3. The maximum absolute atomic E-state index is 11.6. The van der Waals surface area contributed by atoms with Crippen molar-refractivity contribution in [3.63, 3.8) is 0 Å². The highest BCUT2D eigenvalue weighted by molar-refractivity contribution is 5.88. The van der Waals surface area contributed by atoms with Gasteiger partial charge in [0.05, 0.1) is 20.3 Å². The zero-order valence-electron chi connectivity index (χ0n) is 11.1. The van der Waals surface area contributed by atoms with Crippen LogP contribution in [0, 0.1) is 5.92 Å². The average Bonchev–Trinajstić information content (AvgIpc) is 3.26. The number of methoxy groups -OCH3 is 1. The number of nitrogens with one attached hydrogen (secondary N) is 1. The molecule has 0 aromatic heterocycles. The van der Waals surface area contributed by atoms with Gasteiger partial charge < -0.3 is 4.74 Å². The molecule has 102 valence electrons. The van der Waals surface area contributed by atoms with Crippen LogP contribution in [0.2, 0.25) is 0 Å². The third-order valence-corrected chi connectivity index (χ3v) is 2.95. The van der Waals surface area contributed by atoms with Gasteiger partial charge in [-0.25, -0.2) is 4.79 Å². The summed E-state index contributed by atoms with van der Waals surface area (Å²) in [7, 11) is 1.40. The van der Waals surface area contributed by atoms with E-state index in [1.54, 1.807) is 0 Å². The number of esters is 1. The molecule has 0 spiro atoms. The lowest BCUT2D eigenvalue weighted by atomic mass is 10.2. The SMILES string of the molecule is COC(=O)/C(=C\C1CC1)CNOCc1ccccc1. The van der Waals surface area contributed by atoms with Crippen LogP contribution >= 0.6 is 0 Å². The fourth-order valence-electron chi connectivity index (χ4n) is 1.72. The fourth-order valence-corrected chi connectivity index (χ4v) is 1.72. The minimum Gasteiger partial charge on any atom is -0.466 e. The van der Waals surface area contributed by atoms with E-state index in [0.29, 0.717) is 24.6 Å². The van der Waals surface area contributed by atoms with Crippen LogP contribution < -0.4 is 5.48 Å². The molecule has 0 radical (unpaired) electrons. The lowest BCUT2D eigenvalue weighted by molar-refractivity contribution is -0.136. The first-order valence-electron chi connectivity index (χ1n) is 6.47. The fraction of sp³-hybridized carbons (Fsp3) is 0.400. The molecule has 1 N–H and O–H groups in total. The van der Waals surface area contributed by atoms with E-state index in [1.165, 1.54) is 7.11 Å². The van der Waals surface area contributed by atoms with Crippen molar-refractivity contribution in [2.45, 2.75) is 19.4 Å². The van der Waals surface area contributed by atoms with Gasteiger partial charge >= 0.3 is 5.97 Å². The van der Waals surface area contributed by atoms with E-state index < -0.39 is 0 Å². The van der Waals surface area contributed by atoms with Crippen molar-refractivity contribution < 1.29 is 14.4 Å². The van der Waals surface area contributed by atoms with Crippen LogP contribution in [0.15, 0.2) is 42.0 Å². The molecule has 4 nitrogen and oxygen atoms in total. The molecule has 0 unspecified atom stereocenters. The number of hydrogen-bond donors (Lipinski definition) is 1. The van der Waals surface area contributed by atoms with Gasteiger partial charge in [-0.15, -0.1) is 0 Å². The molecule has 1 fully saturated rings. The van der Waals surface area contributed by atoms with E-state index >= 15 is 0 Å². The van der Waals surface area contributed by atoms with Gasteiger partial charge in [0, 0.05) is 5.57 Å². The van der Waals surface area contributed by atoms with Crippen LogP contribution in [0.1, 0.15) is 18.4 Å². The highest BCUT2D eigenvalue weighted by Crippen LogP contribution is 2.31. The molecule has 1 aromatic carbocycles. The minimum atomic E-state index is -0.289. The quantitative estimate of drug-likeness (QED) is 0.354. The number of benzene rings is 1. The van der Waals surface area contributed by atoms with Crippen molar-refractivity contribution in [2.24, 2.45) is 5.92 Å². The zero-order chi connectivity index (χ0) is 13.5. The predicted octanol–water partition coefficient (Wildman–Crippen LogP) is 2.22. The Balaban J connectivity index is 1.75. The van der Waals surface area contributed by atoms with Crippen LogP contribution in [0.4, 0.5) is 0 Å². The molecule has 19 heavy (non-hydrogen) atoms. The molecule has 4 heteroatoms. The summed E-state index contributed by atoms with van der Waals surface area (Å²) in [6, 6.07) is 9.87. The van der Waals surface area contributed by atoms with E-state index in [2.05, 4.69) is 5.48 Å². The number of rotatable bonds is 7. The standard InChI is InChI=1S/C15H19NO3/c1-18-15(17)14(9-12-7-8-12)10-16-19-11-13-5-3-2-4-6-13/h2-6,9,12,16H,7-8,10-11H2,1H3/b14-9-. The summed E-state index contributed by atoms with van der Waals surface area (Å²) in [5.41, 5.74) is 4.53. The summed E-state index contributed by atoms with van der Waals surface area (Å²) in [5, 5.41) is 0. The van der Waals surface area contributed by atoms with Gasteiger partial charge in [-0.2, -0.15) is 5.48 Å². The van der Waals surface area contributed by atoms with E-state index in [1.807, 2.05) is 36.4 Å². The van der Waals surface area contributed by atoms with Crippen LogP contribution in [-0.4, -0.2) is 19.6 Å². The van der Waals surface area contributed by atoms with Crippen LogP contribution in [-0.2, 0) is 21.0 Å². The van der Waals surface area contributed by atoms with E-state index in [9.17, 15) is 4.79 Å². The van der Waals surface area contributed by atoms with Crippen molar-refractivity contribution in [3.8, 4) is 0 Å². The highest BCUT2D eigenvalue weighted by Gasteiger charge is 2.21. The third-order valence-electron chi connectivity index (χ3n) is 2.95. The van der Waals surface area contributed by atoms with Crippen LogP contribution in [0.3, 0.4) is 0 Å². The van der Waals surface area contributed by atoms with E-state index in [0.717, 1.165) is 18.4 Å². The normalized spacial score (nSPS) is 15.3. The highest BCUT2D eigenvalue weighted by atomic mass is 16.6. The van der Waals surface area contributed by atoms with Crippen LogP contribution in [0.25, 0.3) is 0 Å². The van der Waals surface area contributed by atoms with E-state index in [-0.39, 0.29) is 5.97 Å². The van der Waals surface area contributed by atoms with Crippen molar-refractivity contribution in [1.82, 2.24) is 5.48 Å². The Bertz CT molecular complexity index is 438. The number of carbonyl (C=O) groups is 1. The lowest BCUT2D eigenvalue weighted by Crippen LogP contribution is -2.22. The molecule has 0 aliphatic heterocycles. The van der Waals surface area contributed by atoms with Gasteiger partial charge in [0.15, 0.2) is 0 Å². The summed E-state index contributed by atoms with van der Waals surface area (Å²) >= 11 is 0. The molecule has 1 saturated carbocycles. The molecule has 0 heterocycles. The van der Waals surface area contributed by atoms with Crippen molar-refractivity contribution in [1.29, 1.82) is 0 Å². The smallest absolute Gasteiger partial charge is 0.334 e. The zero-order valence-corrected chi connectivity index (χ0v) is 11.1. The topological polar surface area (TPSA) is 47.6 Å². The maximum atomic E-state index is 11.6.